The highest BCUT2D eigenvalue weighted by Gasteiger charge is 2.14. The minimum Gasteiger partial charge on any atom is -0.383 e. The van der Waals surface area contributed by atoms with E-state index in [4.69, 9.17) is 4.74 Å². The molecule has 0 spiro atoms. The van der Waals surface area contributed by atoms with E-state index < -0.39 is 0 Å². The van der Waals surface area contributed by atoms with Crippen LogP contribution in [0.1, 0.15) is 5.56 Å². The molecule has 0 aliphatic rings. The minimum atomic E-state index is -0.144. The van der Waals surface area contributed by atoms with Crippen LogP contribution in [0.25, 0.3) is 22.2 Å². The molecule has 0 aliphatic carbocycles. The van der Waals surface area contributed by atoms with Crippen molar-refractivity contribution in [2.45, 2.75) is 13.5 Å². The van der Waals surface area contributed by atoms with Crippen LogP contribution < -0.4 is 11.0 Å². The number of aryl methyl sites for hydroxylation is 2. The van der Waals surface area contributed by atoms with Gasteiger partial charge in [0.2, 0.25) is 5.95 Å². The summed E-state index contributed by atoms with van der Waals surface area (Å²) in [5.74, 6) is 0.417. The van der Waals surface area contributed by atoms with Crippen molar-refractivity contribution in [3.05, 3.63) is 34.4 Å². The molecule has 0 fully saturated rings. The first-order valence-electron chi connectivity index (χ1n) is 7.99. The van der Waals surface area contributed by atoms with E-state index in [-0.39, 0.29) is 5.69 Å². The molecule has 0 saturated heterocycles. The number of nitrogens with one attached hydrogen (secondary N) is 1. The van der Waals surface area contributed by atoms with Crippen LogP contribution in [-0.2, 0) is 18.3 Å². The molecule has 4 rings (SSSR count). The van der Waals surface area contributed by atoms with E-state index in [2.05, 4.69) is 24.0 Å². The van der Waals surface area contributed by atoms with Gasteiger partial charge in [0.25, 0.3) is 0 Å². The quantitative estimate of drug-likeness (QED) is 0.571. The molecule has 0 radical (unpaired) electrons. The first-order chi connectivity index (χ1) is 12.6. The average molecular weight is 371 g/mol. The first kappa shape index (κ1) is 16.6. The number of anilines is 2. The molecule has 1 aromatic carbocycles. The summed E-state index contributed by atoms with van der Waals surface area (Å²) in [5, 5.41) is 3.22. The van der Waals surface area contributed by atoms with Crippen LogP contribution in [-0.4, -0.2) is 41.6 Å². The molecule has 0 aliphatic heterocycles. The van der Waals surface area contributed by atoms with Crippen molar-refractivity contribution in [1.82, 2.24) is 27.8 Å². The van der Waals surface area contributed by atoms with Gasteiger partial charge in [0.1, 0.15) is 16.6 Å². The van der Waals surface area contributed by atoms with Crippen LogP contribution >= 0.6 is 11.7 Å². The van der Waals surface area contributed by atoms with Gasteiger partial charge in [-0.1, -0.05) is 0 Å². The topological polar surface area (TPSA) is 99.8 Å². The Labute approximate surface area is 152 Å². The van der Waals surface area contributed by atoms with E-state index in [0.717, 1.165) is 22.3 Å². The van der Waals surface area contributed by atoms with Crippen molar-refractivity contribution >= 4 is 45.6 Å². The van der Waals surface area contributed by atoms with Gasteiger partial charge in [-0.15, -0.1) is 0 Å². The molecule has 3 aromatic heterocycles. The van der Waals surface area contributed by atoms with Gasteiger partial charge >= 0.3 is 5.69 Å². The molecule has 10 heteroatoms. The third-order valence-electron chi connectivity index (χ3n) is 4.25. The van der Waals surface area contributed by atoms with E-state index in [1.54, 1.807) is 24.9 Å². The van der Waals surface area contributed by atoms with Gasteiger partial charge in [0, 0.05) is 19.8 Å². The third-order valence-corrected chi connectivity index (χ3v) is 4.81. The summed E-state index contributed by atoms with van der Waals surface area (Å²) in [7, 11) is 3.31. The highest BCUT2D eigenvalue weighted by Crippen LogP contribution is 2.24. The fourth-order valence-corrected chi connectivity index (χ4v) is 3.32. The van der Waals surface area contributed by atoms with Gasteiger partial charge in [-0.3, -0.25) is 9.13 Å². The molecule has 134 valence electrons. The molecular weight excluding hydrogens is 354 g/mol. The Hall–Kier alpha value is -2.85. The van der Waals surface area contributed by atoms with Crippen molar-refractivity contribution in [2.24, 2.45) is 7.05 Å². The van der Waals surface area contributed by atoms with Crippen LogP contribution in [0, 0.1) is 6.92 Å². The lowest BCUT2D eigenvalue weighted by Gasteiger charge is -2.08. The molecule has 0 unspecified atom stereocenters. The number of rotatable bonds is 5. The largest absolute Gasteiger partial charge is 0.383 e. The number of nitrogens with zero attached hydrogens (tertiary/aromatic N) is 6. The maximum absolute atomic E-state index is 12.4. The smallest absolute Gasteiger partial charge is 0.330 e. The summed E-state index contributed by atoms with van der Waals surface area (Å²) in [6.07, 6.45) is 1.65. The molecule has 0 amide bonds. The molecule has 9 nitrogen and oxygen atoms in total. The fourth-order valence-electron chi connectivity index (χ4n) is 2.81. The summed E-state index contributed by atoms with van der Waals surface area (Å²) in [6.45, 7) is 2.84. The zero-order valence-electron chi connectivity index (χ0n) is 14.6. The third kappa shape index (κ3) is 2.72. The van der Waals surface area contributed by atoms with Crippen LogP contribution in [0.3, 0.4) is 0 Å². The Morgan fingerprint density at radius 3 is 2.81 bits per heavy atom. The number of benzene rings is 1. The Balaban J connectivity index is 1.76. The van der Waals surface area contributed by atoms with Gasteiger partial charge in [-0.2, -0.15) is 13.7 Å². The number of fused-ring (bicyclic) bond motifs is 2. The number of hydrogen-bond acceptors (Lipinski definition) is 8. The summed E-state index contributed by atoms with van der Waals surface area (Å²) in [4.78, 5) is 21.3. The van der Waals surface area contributed by atoms with Gasteiger partial charge in [-0.25, -0.2) is 9.78 Å². The predicted octanol–water partition coefficient (Wildman–Crippen LogP) is 1.83. The second-order valence-electron chi connectivity index (χ2n) is 5.93. The Bertz CT molecular complexity index is 1160. The van der Waals surface area contributed by atoms with Crippen LogP contribution in [0.5, 0.6) is 0 Å². The maximum atomic E-state index is 12.4. The van der Waals surface area contributed by atoms with Crippen molar-refractivity contribution in [2.75, 3.05) is 19.0 Å². The average Bonchev–Trinajstić information content (AvgIpc) is 3.17. The van der Waals surface area contributed by atoms with Crippen LogP contribution in [0.4, 0.5) is 11.6 Å². The lowest BCUT2D eigenvalue weighted by Crippen LogP contribution is -2.24. The fraction of sp³-hybridized carbons (Fsp3) is 0.312. The SMILES string of the molecule is COCCn1c(=O)n(C)c2cnc(Nc3cc4nsnc4cc3C)nc21. The van der Waals surface area contributed by atoms with Crippen molar-refractivity contribution < 1.29 is 4.74 Å². The Morgan fingerprint density at radius 1 is 1.27 bits per heavy atom. The first-order valence-corrected chi connectivity index (χ1v) is 8.72. The summed E-state index contributed by atoms with van der Waals surface area (Å²) in [5.41, 5.74) is 4.65. The van der Waals surface area contributed by atoms with Crippen molar-refractivity contribution in [1.29, 1.82) is 0 Å². The lowest BCUT2D eigenvalue weighted by molar-refractivity contribution is 0.187. The zero-order valence-corrected chi connectivity index (χ0v) is 15.4. The number of hydrogen-bond donors (Lipinski definition) is 1. The van der Waals surface area contributed by atoms with Gasteiger partial charge in [0.05, 0.1) is 31.1 Å². The zero-order chi connectivity index (χ0) is 18.3. The molecule has 0 bridgehead atoms. The van der Waals surface area contributed by atoms with E-state index in [9.17, 15) is 4.79 Å². The molecular formula is C16H17N7O2S. The summed E-state index contributed by atoms with van der Waals surface area (Å²) < 4.78 is 16.7. The lowest BCUT2D eigenvalue weighted by atomic mass is 10.2. The molecule has 1 N–H and O–H groups in total. The van der Waals surface area contributed by atoms with Crippen LogP contribution in [0.2, 0.25) is 0 Å². The van der Waals surface area contributed by atoms with E-state index in [1.807, 2.05) is 19.1 Å². The highest BCUT2D eigenvalue weighted by molar-refractivity contribution is 7.00. The van der Waals surface area contributed by atoms with Crippen molar-refractivity contribution in [3.8, 4) is 0 Å². The summed E-state index contributed by atoms with van der Waals surface area (Å²) >= 11 is 1.18. The summed E-state index contributed by atoms with van der Waals surface area (Å²) in [6, 6.07) is 3.89. The number of imidazole rings is 1. The number of methoxy groups -OCH3 is 1. The van der Waals surface area contributed by atoms with E-state index in [0.29, 0.717) is 30.3 Å². The second kappa shape index (κ2) is 6.46. The number of ether oxygens (including phenoxy) is 1. The molecule has 0 atom stereocenters. The highest BCUT2D eigenvalue weighted by atomic mass is 32.1. The van der Waals surface area contributed by atoms with Gasteiger partial charge in [-0.05, 0) is 24.6 Å². The molecule has 3 heterocycles. The van der Waals surface area contributed by atoms with E-state index in [1.165, 1.54) is 16.3 Å². The van der Waals surface area contributed by atoms with Gasteiger partial charge in [0.15, 0.2) is 5.65 Å². The molecule has 4 aromatic rings. The molecule has 26 heavy (non-hydrogen) atoms. The van der Waals surface area contributed by atoms with Crippen molar-refractivity contribution in [3.63, 3.8) is 0 Å². The van der Waals surface area contributed by atoms with Gasteiger partial charge < -0.3 is 10.1 Å². The standard InChI is InChI=1S/C16H17N7O2S/c1-9-6-11-12(21-26-20-11)7-10(9)18-15-17-8-13-14(19-15)23(4-5-25-3)16(24)22(13)2/h6-8H,4-5H2,1-3H3,(H,17,18,19). The normalized spacial score (nSPS) is 11.5. The second-order valence-corrected chi connectivity index (χ2v) is 6.46. The monoisotopic (exact) mass is 371 g/mol. The minimum absolute atomic E-state index is 0.144. The predicted molar refractivity (Wildman–Crippen MR) is 100 cm³/mol. The van der Waals surface area contributed by atoms with Crippen LogP contribution in [0.15, 0.2) is 23.1 Å². The Morgan fingerprint density at radius 2 is 2.04 bits per heavy atom. The Kier molecular flexibility index (Phi) is 4.13. The molecule has 0 saturated carbocycles. The number of aromatic nitrogens is 6. The van der Waals surface area contributed by atoms with E-state index >= 15 is 0 Å². The maximum Gasteiger partial charge on any atom is 0.330 e.